The molecule has 4 unspecified atom stereocenters. The Morgan fingerprint density at radius 1 is 1.39 bits per heavy atom. The molecule has 1 saturated heterocycles. The molecule has 0 radical (unpaired) electrons. The van der Waals surface area contributed by atoms with Crippen LogP contribution < -0.4 is 5.32 Å². The number of carbonyl (C=O) groups is 1. The van der Waals surface area contributed by atoms with E-state index in [2.05, 4.69) is 42.0 Å². The van der Waals surface area contributed by atoms with E-state index in [1.165, 1.54) is 11.3 Å². The van der Waals surface area contributed by atoms with E-state index in [4.69, 9.17) is 0 Å². The molecule has 2 aliphatic heterocycles. The topological polar surface area (TPSA) is 45.2 Å². The summed E-state index contributed by atoms with van der Waals surface area (Å²) in [4.78, 5) is 19.9. The Kier molecular flexibility index (Phi) is 3.99. The minimum atomic E-state index is -0.318. The van der Waals surface area contributed by atoms with Gasteiger partial charge in [-0.1, -0.05) is 41.5 Å². The van der Waals surface area contributed by atoms with Crippen LogP contribution >= 0.6 is 0 Å². The maximum atomic E-state index is 13.2. The predicted octanol–water partition coefficient (Wildman–Crippen LogP) is 3.51. The lowest BCUT2D eigenvalue weighted by Gasteiger charge is -2.35. The molecule has 3 rings (SSSR count). The van der Waals surface area contributed by atoms with Crippen LogP contribution in [-0.4, -0.2) is 34.4 Å². The molecular weight excluding hydrogens is 286 g/mol. The van der Waals surface area contributed by atoms with E-state index in [0.29, 0.717) is 23.5 Å². The van der Waals surface area contributed by atoms with Crippen LogP contribution in [0.1, 0.15) is 53.0 Å². The molecule has 1 aromatic rings. The van der Waals surface area contributed by atoms with Gasteiger partial charge in [0.15, 0.2) is 5.78 Å². The van der Waals surface area contributed by atoms with Gasteiger partial charge in [0.1, 0.15) is 0 Å². The molecule has 1 aromatic heterocycles. The molecule has 126 valence electrons. The molecule has 4 atom stereocenters. The predicted molar refractivity (Wildman–Crippen MR) is 93.3 cm³/mol. The minimum absolute atomic E-state index is 0.0177. The monoisotopic (exact) mass is 315 g/mol. The van der Waals surface area contributed by atoms with E-state index >= 15 is 0 Å². The normalized spacial score (nSPS) is 30.2. The van der Waals surface area contributed by atoms with Crippen LogP contribution in [0.3, 0.4) is 0 Å². The summed E-state index contributed by atoms with van der Waals surface area (Å²) in [6, 6.07) is 2.04. The summed E-state index contributed by atoms with van der Waals surface area (Å²) in [5.74, 6) is 1.47. The molecule has 3 heterocycles. The number of hydrogen-bond acceptors (Lipinski definition) is 4. The summed E-state index contributed by atoms with van der Waals surface area (Å²) >= 11 is 0. The zero-order valence-electron chi connectivity index (χ0n) is 15.1. The third-order valence-electron chi connectivity index (χ3n) is 5.49. The number of hydrogen-bond donors (Lipinski definition) is 1. The van der Waals surface area contributed by atoms with E-state index in [1.54, 1.807) is 0 Å². The highest BCUT2D eigenvalue weighted by Gasteiger charge is 2.56. The van der Waals surface area contributed by atoms with Crippen LogP contribution in [0.2, 0.25) is 0 Å². The molecule has 0 bridgehead atoms. The van der Waals surface area contributed by atoms with Crippen molar-refractivity contribution in [3.05, 3.63) is 24.0 Å². The number of aromatic nitrogens is 1. The molecule has 2 aliphatic rings. The molecule has 4 nitrogen and oxygen atoms in total. The van der Waals surface area contributed by atoms with Gasteiger partial charge in [-0.05, 0) is 24.4 Å². The van der Waals surface area contributed by atoms with Crippen molar-refractivity contribution in [2.45, 2.75) is 59.7 Å². The molecular formula is C19H29N3O. The van der Waals surface area contributed by atoms with Gasteiger partial charge in [0.2, 0.25) is 0 Å². The van der Waals surface area contributed by atoms with Crippen LogP contribution in [0.4, 0.5) is 5.69 Å². The summed E-state index contributed by atoms with van der Waals surface area (Å²) in [6.07, 6.45) is 4.04. The van der Waals surface area contributed by atoms with E-state index < -0.39 is 0 Å². The second-order valence-corrected chi connectivity index (χ2v) is 8.29. The smallest absolute Gasteiger partial charge is 0.155 e. The third-order valence-corrected chi connectivity index (χ3v) is 5.49. The number of anilines is 1. The van der Waals surface area contributed by atoms with Crippen molar-refractivity contribution in [3.8, 4) is 0 Å². The van der Waals surface area contributed by atoms with Crippen molar-refractivity contribution in [2.75, 3.05) is 11.9 Å². The number of rotatable bonds is 3. The highest BCUT2D eigenvalue weighted by molar-refractivity contribution is 5.90. The summed E-state index contributed by atoms with van der Waals surface area (Å²) in [5, 5.41) is 3.65. The second-order valence-electron chi connectivity index (χ2n) is 8.29. The maximum Gasteiger partial charge on any atom is 0.155 e. The Balaban J connectivity index is 2.07. The molecule has 0 aromatic carbocycles. The molecule has 0 aliphatic carbocycles. The fraction of sp³-hybridized carbons (Fsp3) is 0.684. The first-order chi connectivity index (χ1) is 10.8. The number of ketones is 1. The van der Waals surface area contributed by atoms with Gasteiger partial charge in [0.05, 0.1) is 12.2 Å². The van der Waals surface area contributed by atoms with Crippen molar-refractivity contribution in [2.24, 2.45) is 17.3 Å². The Hall–Kier alpha value is -1.42. The lowest BCUT2D eigenvalue weighted by atomic mass is 9.73. The number of nitrogens with zero attached hydrogens (tertiary/aromatic N) is 2. The first kappa shape index (κ1) is 16.4. The first-order valence-electron chi connectivity index (χ1n) is 8.77. The van der Waals surface area contributed by atoms with Gasteiger partial charge >= 0.3 is 0 Å². The Bertz CT molecular complexity index is 605. The number of fused-ring (bicyclic) bond motifs is 3. The van der Waals surface area contributed by atoms with Crippen LogP contribution in [0.5, 0.6) is 0 Å². The number of likely N-dealkylation sites (N-methyl/N-ethyl adjacent to an activating group) is 1. The Morgan fingerprint density at radius 2 is 2.09 bits per heavy atom. The summed E-state index contributed by atoms with van der Waals surface area (Å²) < 4.78 is 0. The highest BCUT2D eigenvalue weighted by atomic mass is 16.1. The number of pyridine rings is 1. The van der Waals surface area contributed by atoms with Crippen LogP contribution in [0, 0.1) is 17.3 Å². The lowest BCUT2D eigenvalue weighted by Crippen LogP contribution is -2.49. The highest BCUT2D eigenvalue weighted by Crippen LogP contribution is 2.52. The average molecular weight is 315 g/mol. The summed E-state index contributed by atoms with van der Waals surface area (Å²) in [5.41, 5.74) is 2.14. The average Bonchev–Trinajstić information content (AvgIpc) is 2.98. The lowest BCUT2D eigenvalue weighted by molar-refractivity contribution is -0.132. The zero-order chi connectivity index (χ0) is 16.9. The quantitative estimate of drug-likeness (QED) is 0.927. The second kappa shape index (κ2) is 5.59. The van der Waals surface area contributed by atoms with Gasteiger partial charge in [-0.2, -0.15) is 0 Å². The Labute approximate surface area is 139 Å². The van der Waals surface area contributed by atoms with Gasteiger partial charge in [-0.3, -0.25) is 14.7 Å². The largest absolute Gasteiger partial charge is 0.369 e. The fourth-order valence-electron chi connectivity index (χ4n) is 4.46. The number of likely N-dealkylation sites (tertiary alicyclic amines) is 1. The van der Waals surface area contributed by atoms with E-state index in [-0.39, 0.29) is 17.6 Å². The van der Waals surface area contributed by atoms with Gasteiger partial charge in [0, 0.05) is 35.0 Å². The SMILES string of the molecule is CCN1C2Nc3ccncc3C2C(C(C)C)C1C(=O)C(C)(C)C. The van der Waals surface area contributed by atoms with Crippen molar-refractivity contribution in [3.63, 3.8) is 0 Å². The van der Waals surface area contributed by atoms with Gasteiger partial charge in [-0.25, -0.2) is 0 Å². The van der Waals surface area contributed by atoms with E-state index in [0.717, 1.165) is 6.54 Å². The number of nitrogens with one attached hydrogen (secondary N) is 1. The van der Waals surface area contributed by atoms with E-state index in [1.807, 2.05) is 33.2 Å². The van der Waals surface area contributed by atoms with Crippen molar-refractivity contribution >= 4 is 11.5 Å². The fourth-order valence-corrected chi connectivity index (χ4v) is 4.46. The number of carbonyl (C=O) groups excluding carboxylic acids is 1. The third kappa shape index (κ3) is 2.47. The minimum Gasteiger partial charge on any atom is -0.369 e. The first-order valence-corrected chi connectivity index (χ1v) is 8.77. The molecule has 4 heteroatoms. The number of Topliss-reactive ketones (excluding diaryl/α,β-unsaturated/α-hetero) is 1. The standard InChI is InChI=1S/C19H29N3O/c1-7-22-16(17(23)19(4,5)6)14(11(2)3)15-12-10-20-9-8-13(12)21-18(15)22/h8-11,14-16,18,21H,7H2,1-6H3. The zero-order valence-corrected chi connectivity index (χ0v) is 15.1. The van der Waals surface area contributed by atoms with Crippen LogP contribution in [0.25, 0.3) is 0 Å². The molecule has 23 heavy (non-hydrogen) atoms. The summed E-state index contributed by atoms with van der Waals surface area (Å²) in [6.45, 7) is 13.7. The van der Waals surface area contributed by atoms with Crippen molar-refractivity contribution in [1.29, 1.82) is 0 Å². The molecule has 0 saturated carbocycles. The Morgan fingerprint density at radius 3 is 2.65 bits per heavy atom. The van der Waals surface area contributed by atoms with E-state index in [9.17, 15) is 4.79 Å². The van der Waals surface area contributed by atoms with Gasteiger partial charge in [-0.15, -0.1) is 0 Å². The van der Waals surface area contributed by atoms with Crippen molar-refractivity contribution in [1.82, 2.24) is 9.88 Å². The summed E-state index contributed by atoms with van der Waals surface area (Å²) in [7, 11) is 0. The molecule has 0 spiro atoms. The van der Waals surface area contributed by atoms with Crippen molar-refractivity contribution < 1.29 is 4.79 Å². The van der Waals surface area contributed by atoms with Crippen LogP contribution in [0.15, 0.2) is 18.5 Å². The van der Waals surface area contributed by atoms with Gasteiger partial charge in [0.25, 0.3) is 0 Å². The molecule has 0 amide bonds. The molecule has 1 N–H and O–H groups in total. The van der Waals surface area contributed by atoms with Crippen LogP contribution in [-0.2, 0) is 4.79 Å². The van der Waals surface area contributed by atoms with Gasteiger partial charge < -0.3 is 5.32 Å². The molecule has 1 fully saturated rings. The maximum absolute atomic E-state index is 13.2.